The van der Waals surface area contributed by atoms with Crippen LogP contribution in [0.15, 0.2) is 0 Å². The highest BCUT2D eigenvalue weighted by molar-refractivity contribution is 5.66. The second kappa shape index (κ2) is 9.51. The summed E-state index contributed by atoms with van der Waals surface area (Å²) in [5, 5.41) is 12.8. The number of nitrogens with zero attached hydrogens (tertiary/aromatic N) is 1. The molecule has 1 aliphatic carbocycles. The number of carboxylic acids is 1. The number of piperidine rings is 1. The first-order chi connectivity index (χ1) is 10.7. The third-order valence-corrected chi connectivity index (χ3v) is 5.30. The fourth-order valence-electron chi connectivity index (χ4n) is 4.16. The van der Waals surface area contributed by atoms with Crippen molar-refractivity contribution in [3.05, 3.63) is 0 Å². The molecule has 1 saturated carbocycles. The van der Waals surface area contributed by atoms with Gasteiger partial charge in [-0.15, -0.1) is 0 Å². The van der Waals surface area contributed by atoms with E-state index < -0.39 is 5.97 Å². The average molecular weight is 310 g/mol. The Morgan fingerprint density at radius 1 is 1.18 bits per heavy atom. The lowest BCUT2D eigenvalue weighted by molar-refractivity contribution is -0.137. The minimum Gasteiger partial charge on any atom is -0.481 e. The smallest absolute Gasteiger partial charge is 0.304 e. The van der Waals surface area contributed by atoms with E-state index in [0.29, 0.717) is 18.6 Å². The van der Waals surface area contributed by atoms with Crippen molar-refractivity contribution in [1.29, 1.82) is 0 Å². The van der Waals surface area contributed by atoms with Gasteiger partial charge in [0.1, 0.15) is 0 Å². The number of carbonyl (C=O) groups is 1. The van der Waals surface area contributed by atoms with Gasteiger partial charge in [0.05, 0.1) is 6.42 Å². The van der Waals surface area contributed by atoms with Crippen LogP contribution >= 0.6 is 0 Å². The van der Waals surface area contributed by atoms with Crippen LogP contribution in [0.2, 0.25) is 0 Å². The zero-order valence-corrected chi connectivity index (χ0v) is 14.2. The predicted octanol–water partition coefficient (Wildman–Crippen LogP) is 3.26. The summed E-state index contributed by atoms with van der Waals surface area (Å²) >= 11 is 0. The first-order valence-electron chi connectivity index (χ1n) is 9.37. The van der Waals surface area contributed by atoms with Gasteiger partial charge in [-0.1, -0.05) is 39.0 Å². The minimum absolute atomic E-state index is 0.274. The lowest BCUT2D eigenvalue weighted by Crippen LogP contribution is -2.52. The Bertz CT molecular complexity index is 329. The van der Waals surface area contributed by atoms with E-state index in [1.54, 1.807) is 0 Å². The van der Waals surface area contributed by atoms with Crippen molar-refractivity contribution in [3.63, 3.8) is 0 Å². The van der Waals surface area contributed by atoms with E-state index >= 15 is 0 Å². The molecule has 0 aromatic rings. The first kappa shape index (κ1) is 17.7. The Morgan fingerprint density at radius 2 is 1.95 bits per heavy atom. The molecule has 1 heterocycles. The highest BCUT2D eigenvalue weighted by atomic mass is 16.4. The third kappa shape index (κ3) is 6.25. The summed E-state index contributed by atoms with van der Waals surface area (Å²) in [5.74, 6) is 0.0658. The molecule has 1 aliphatic heterocycles. The number of likely N-dealkylation sites (tertiary alicyclic amines) is 1. The fourth-order valence-corrected chi connectivity index (χ4v) is 4.16. The van der Waals surface area contributed by atoms with Crippen LogP contribution in [-0.4, -0.2) is 47.7 Å². The van der Waals surface area contributed by atoms with Gasteiger partial charge < -0.3 is 15.3 Å². The van der Waals surface area contributed by atoms with Crippen LogP contribution in [0.4, 0.5) is 0 Å². The summed E-state index contributed by atoms with van der Waals surface area (Å²) in [6.45, 7) is 5.09. The van der Waals surface area contributed by atoms with E-state index in [9.17, 15) is 4.79 Å². The summed E-state index contributed by atoms with van der Waals surface area (Å²) < 4.78 is 0. The van der Waals surface area contributed by atoms with Crippen LogP contribution in [-0.2, 0) is 4.79 Å². The Balaban J connectivity index is 1.84. The molecule has 2 atom stereocenters. The van der Waals surface area contributed by atoms with Gasteiger partial charge in [0.25, 0.3) is 0 Å². The molecule has 2 aliphatic rings. The van der Waals surface area contributed by atoms with Gasteiger partial charge >= 0.3 is 5.97 Å². The molecule has 1 saturated heterocycles. The Hall–Kier alpha value is -0.610. The maximum absolute atomic E-state index is 10.9. The number of rotatable bonds is 8. The van der Waals surface area contributed by atoms with E-state index in [0.717, 1.165) is 19.0 Å². The molecule has 128 valence electrons. The number of hydrogen-bond donors (Lipinski definition) is 2. The molecule has 2 unspecified atom stereocenters. The molecule has 22 heavy (non-hydrogen) atoms. The molecule has 0 aromatic heterocycles. The quantitative estimate of drug-likeness (QED) is 0.722. The molecule has 2 fully saturated rings. The second-order valence-electron chi connectivity index (χ2n) is 7.35. The molecule has 0 bridgehead atoms. The van der Waals surface area contributed by atoms with Gasteiger partial charge in [-0.05, 0) is 31.6 Å². The van der Waals surface area contributed by atoms with E-state index in [-0.39, 0.29) is 6.42 Å². The van der Waals surface area contributed by atoms with Crippen LogP contribution in [0, 0.1) is 5.92 Å². The van der Waals surface area contributed by atoms with Crippen molar-refractivity contribution >= 4 is 5.97 Å². The number of hydrogen-bond acceptors (Lipinski definition) is 3. The number of unbranched alkanes of at least 4 members (excludes halogenated alkanes) is 1. The molecule has 0 spiro atoms. The predicted molar refractivity (Wildman–Crippen MR) is 90.1 cm³/mol. The SMILES string of the molecule is CCCCC1CC(NC2CCCCC2)CN(CCC(=O)O)C1. The van der Waals surface area contributed by atoms with Crippen molar-refractivity contribution in [2.75, 3.05) is 19.6 Å². The Morgan fingerprint density at radius 3 is 2.64 bits per heavy atom. The molecule has 2 N–H and O–H groups in total. The second-order valence-corrected chi connectivity index (χ2v) is 7.35. The minimum atomic E-state index is -0.674. The van der Waals surface area contributed by atoms with Crippen LogP contribution < -0.4 is 5.32 Å². The van der Waals surface area contributed by atoms with Crippen LogP contribution in [0.25, 0.3) is 0 Å². The van der Waals surface area contributed by atoms with E-state index in [1.165, 1.54) is 57.8 Å². The lowest BCUT2D eigenvalue weighted by atomic mass is 9.88. The van der Waals surface area contributed by atoms with Gasteiger partial charge in [-0.2, -0.15) is 0 Å². The number of nitrogens with one attached hydrogen (secondary N) is 1. The summed E-state index contributed by atoms with van der Waals surface area (Å²) in [7, 11) is 0. The summed E-state index contributed by atoms with van der Waals surface area (Å²) in [6.07, 6.45) is 12.2. The van der Waals surface area contributed by atoms with Crippen molar-refractivity contribution in [1.82, 2.24) is 10.2 Å². The van der Waals surface area contributed by atoms with Gasteiger partial charge in [-0.3, -0.25) is 4.79 Å². The van der Waals surface area contributed by atoms with Crippen molar-refractivity contribution in [3.8, 4) is 0 Å². The topological polar surface area (TPSA) is 52.6 Å². The Kier molecular flexibility index (Phi) is 7.67. The van der Waals surface area contributed by atoms with Gasteiger partial charge in [0.2, 0.25) is 0 Å². The lowest BCUT2D eigenvalue weighted by Gasteiger charge is -2.40. The largest absolute Gasteiger partial charge is 0.481 e. The number of aliphatic carboxylic acids is 1. The zero-order valence-electron chi connectivity index (χ0n) is 14.2. The molecular formula is C18H34N2O2. The van der Waals surface area contributed by atoms with Crippen molar-refractivity contribution in [2.45, 2.75) is 83.2 Å². The Labute approximate surface area is 135 Å². The molecule has 0 radical (unpaired) electrons. The first-order valence-corrected chi connectivity index (χ1v) is 9.37. The van der Waals surface area contributed by atoms with E-state index in [2.05, 4.69) is 17.1 Å². The van der Waals surface area contributed by atoms with E-state index in [1.807, 2.05) is 0 Å². The average Bonchev–Trinajstić information content (AvgIpc) is 2.52. The van der Waals surface area contributed by atoms with Crippen LogP contribution in [0.5, 0.6) is 0 Å². The van der Waals surface area contributed by atoms with Crippen molar-refractivity contribution < 1.29 is 9.90 Å². The summed E-state index contributed by atoms with van der Waals surface area (Å²) in [5.41, 5.74) is 0. The molecule has 4 nitrogen and oxygen atoms in total. The molecule has 4 heteroatoms. The van der Waals surface area contributed by atoms with E-state index in [4.69, 9.17) is 5.11 Å². The summed E-state index contributed by atoms with van der Waals surface area (Å²) in [6, 6.07) is 1.26. The van der Waals surface area contributed by atoms with Crippen molar-refractivity contribution in [2.24, 2.45) is 5.92 Å². The van der Waals surface area contributed by atoms with Crippen LogP contribution in [0.1, 0.15) is 71.1 Å². The third-order valence-electron chi connectivity index (χ3n) is 5.30. The molecule has 2 rings (SSSR count). The molecule has 0 aromatic carbocycles. The van der Waals surface area contributed by atoms with Gasteiger partial charge in [0.15, 0.2) is 0 Å². The maximum atomic E-state index is 10.9. The highest BCUT2D eigenvalue weighted by Gasteiger charge is 2.28. The maximum Gasteiger partial charge on any atom is 0.304 e. The van der Waals surface area contributed by atoms with Gasteiger partial charge in [-0.25, -0.2) is 0 Å². The fraction of sp³-hybridized carbons (Fsp3) is 0.944. The zero-order chi connectivity index (χ0) is 15.8. The monoisotopic (exact) mass is 310 g/mol. The van der Waals surface area contributed by atoms with Crippen LogP contribution in [0.3, 0.4) is 0 Å². The standard InChI is InChI=1S/C18H34N2O2/c1-2-3-7-15-12-17(19-16-8-5-4-6-9-16)14-20(13-15)11-10-18(21)22/h15-17,19H,2-14H2,1H3,(H,21,22). The van der Waals surface area contributed by atoms with Gasteiger partial charge in [0, 0.05) is 31.7 Å². The number of carboxylic acid groups (broad SMARTS) is 1. The molecule has 0 amide bonds. The highest BCUT2D eigenvalue weighted by Crippen LogP contribution is 2.25. The summed E-state index contributed by atoms with van der Waals surface area (Å²) in [4.78, 5) is 13.2. The normalized spacial score (nSPS) is 27.9. The molecular weight excluding hydrogens is 276 g/mol.